The van der Waals surface area contributed by atoms with Crippen LogP contribution in [0, 0.1) is 23.2 Å². The van der Waals surface area contributed by atoms with Crippen LogP contribution >= 0.6 is 0 Å². The zero-order valence-corrected chi connectivity index (χ0v) is 23.5. The summed E-state index contributed by atoms with van der Waals surface area (Å²) in [6, 6.07) is 0. The van der Waals surface area contributed by atoms with E-state index in [0.717, 1.165) is 29.9 Å². The van der Waals surface area contributed by atoms with Crippen LogP contribution in [0.25, 0.3) is 0 Å². The summed E-state index contributed by atoms with van der Waals surface area (Å²) in [4.78, 5) is 0. The first-order chi connectivity index (χ1) is 17.0. The highest BCUT2D eigenvalue weighted by atomic mass is 16.7. The molecule has 0 aromatic carbocycles. The molecule has 3 aliphatic rings. The number of allylic oxidation sites excluding steroid dienone is 3. The highest BCUT2D eigenvalue weighted by molar-refractivity contribution is 5.30. The minimum absolute atomic E-state index is 0.261. The summed E-state index contributed by atoms with van der Waals surface area (Å²) >= 11 is 0. The molecule has 6 atom stereocenters. The van der Waals surface area contributed by atoms with E-state index in [2.05, 4.69) is 26.0 Å². The number of methoxy groups -OCH3 is 1. The van der Waals surface area contributed by atoms with E-state index >= 15 is 0 Å². The second-order valence-electron chi connectivity index (χ2n) is 12.6. The monoisotopic (exact) mass is 504 g/mol. The quantitative estimate of drug-likeness (QED) is 0.180. The number of aliphatic hydroxyl groups excluding tert-OH is 2. The molecule has 206 valence electrons. The molecule has 0 amide bonds. The van der Waals surface area contributed by atoms with Gasteiger partial charge in [0.1, 0.15) is 6.79 Å². The van der Waals surface area contributed by atoms with Crippen molar-refractivity contribution in [2.75, 3.05) is 20.5 Å². The molecule has 0 bridgehead atoms. The van der Waals surface area contributed by atoms with E-state index in [4.69, 9.17) is 9.47 Å². The summed E-state index contributed by atoms with van der Waals surface area (Å²) < 4.78 is 10.2. The fourth-order valence-corrected chi connectivity index (χ4v) is 7.39. The average Bonchev–Trinajstić information content (AvgIpc) is 3.15. The second kappa shape index (κ2) is 13.2. The fourth-order valence-electron chi connectivity index (χ4n) is 7.39. The molecule has 36 heavy (non-hydrogen) atoms. The molecule has 5 nitrogen and oxygen atoms in total. The highest BCUT2D eigenvalue weighted by Gasteiger charge is 2.50. The number of hydrogen-bond donors (Lipinski definition) is 3. The molecule has 0 radical (unpaired) electrons. The normalized spacial score (nSPS) is 33.1. The molecule has 5 heteroatoms. The first kappa shape index (κ1) is 29.6. The van der Waals surface area contributed by atoms with Crippen molar-refractivity contribution < 1.29 is 24.8 Å². The van der Waals surface area contributed by atoms with Crippen molar-refractivity contribution >= 4 is 0 Å². The Bertz CT molecular complexity index is 775. The molecule has 3 N–H and O–H groups in total. The van der Waals surface area contributed by atoms with Gasteiger partial charge in [-0.1, -0.05) is 56.1 Å². The van der Waals surface area contributed by atoms with Gasteiger partial charge in [-0.3, -0.25) is 0 Å². The predicted octanol–water partition coefficient (Wildman–Crippen LogP) is 6.09. The van der Waals surface area contributed by atoms with E-state index in [1.54, 1.807) is 12.7 Å². The molecular formula is C31H52O5. The van der Waals surface area contributed by atoms with Crippen molar-refractivity contribution in [1.82, 2.24) is 0 Å². The summed E-state index contributed by atoms with van der Waals surface area (Å²) in [5.41, 5.74) is 3.23. The molecule has 0 aromatic heterocycles. The third kappa shape index (κ3) is 7.77. The Morgan fingerprint density at radius 3 is 2.53 bits per heavy atom. The van der Waals surface area contributed by atoms with Crippen molar-refractivity contribution in [1.29, 1.82) is 0 Å². The molecule has 0 saturated heterocycles. The number of rotatable bonds is 11. The van der Waals surface area contributed by atoms with Gasteiger partial charge in [-0.05, 0) is 100 Å². The maximum absolute atomic E-state index is 10.7. The first-order valence-electron chi connectivity index (χ1n) is 14.3. The van der Waals surface area contributed by atoms with Crippen LogP contribution < -0.4 is 0 Å². The van der Waals surface area contributed by atoms with E-state index in [-0.39, 0.29) is 6.79 Å². The predicted molar refractivity (Wildman–Crippen MR) is 145 cm³/mol. The number of aliphatic hydroxyl groups is 3. The molecule has 3 aliphatic carbocycles. The van der Waals surface area contributed by atoms with Crippen LogP contribution in [0.5, 0.6) is 0 Å². The van der Waals surface area contributed by atoms with E-state index in [1.165, 1.54) is 38.5 Å². The topological polar surface area (TPSA) is 79.2 Å². The molecule has 0 heterocycles. The lowest BCUT2D eigenvalue weighted by Gasteiger charge is -2.44. The highest BCUT2D eigenvalue weighted by Crippen LogP contribution is 2.60. The molecule has 2 unspecified atom stereocenters. The van der Waals surface area contributed by atoms with Crippen molar-refractivity contribution in [3.05, 3.63) is 34.9 Å². The maximum Gasteiger partial charge on any atom is 0.146 e. The molecule has 3 saturated carbocycles. The van der Waals surface area contributed by atoms with Crippen LogP contribution in [-0.2, 0) is 9.47 Å². The summed E-state index contributed by atoms with van der Waals surface area (Å²) in [7, 11) is 1.59. The van der Waals surface area contributed by atoms with Gasteiger partial charge in [0.2, 0.25) is 0 Å². The molecule has 3 rings (SSSR count). The average molecular weight is 505 g/mol. The SMILES string of the molecule is COCOCCC=C1[C@H](O)CC(=CC=C2CCC[C@@]3(C)C2CCC3[C@H](C)CCCC(C)(C)O)C[C@H]1O. The largest absolute Gasteiger partial charge is 0.390 e. The zero-order chi connectivity index (χ0) is 26.3. The van der Waals surface area contributed by atoms with E-state index in [0.29, 0.717) is 43.1 Å². The fraction of sp³-hybridized carbons (Fsp3) is 0.806. The van der Waals surface area contributed by atoms with Crippen LogP contribution in [0.2, 0.25) is 0 Å². The van der Waals surface area contributed by atoms with Gasteiger partial charge in [0.25, 0.3) is 0 Å². The van der Waals surface area contributed by atoms with Gasteiger partial charge in [-0.25, -0.2) is 0 Å². The van der Waals surface area contributed by atoms with Gasteiger partial charge in [-0.15, -0.1) is 0 Å². The van der Waals surface area contributed by atoms with Crippen LogP contribution in [0.15, 0.2) is 34.9 Å². The third-order valence-electron chi connectivity index (χ3n) is 9.23. The number of fused-ring (bicyclic) bond motifs is 1. The Kier molecular flexibility index (Phi) is 10.8. The summed E-state index contributed by atoms with van der Waals surface area (Å²) in [5.74, 6) is 2.08. The van der Waals surface area contributed by atoms with E-state index in [9.17, 15) is 15.3 Å². The van der Waals surface area contributed by atoms with Crippen LogP contribution in [0.3, 0.4) is 0 Å². The Balaban J connectivity index is 1.61. The maximum atomic E-state index is 10.7. The van der Waals surface area contributed by atoms with Crippen molar-refractivity contribution in [3.8, 4) is 0 Å². The van der Waals surface area contributed by atoms with Crippen LogP contribution in [0.4, 0.5) is 0 Å². The Morgan fingerprint density at radius 1 is 1.14 bits per heavy atom. The van der Waals surface area contributed by atoms with Gasteiger partial charge in [0.05, 0.1) is 24.4 Å². The number of hydrogen-bond acceptors (Lipinski definition) is 5. The van der Waals surface area contributed by atoms with E-state index < -0.39 is 17.8 Å². The molecular weight excluding hydrogens is 452 g/mol. The Morgan fingerprint density at radius 2 is 1.86 bits per heavy atom. The second-order valence-corrected chi connectivity index (χ2v) is 12.6. The Hall–Kier alpha value is -0.980. The molecule has 3 fully saturated rings. The van der Waals surface area contributed by atoms with Gasteiger partial charge < -0.3 is 24.8 Å². The van der Waals surface area contributed by atoms with Crippen LogP contribution in [0.1, 0.15) is 98.3 Å². The van der Waals surface area contributed by atoms with Crippen molar-refractivity contribution in [3.63, 3.8) is 0 Å². The van der Waals surface area contributed by atoms with Crippen LogP contribution in [-0.4, -0.2) is 53.6 Å². The van der Waals surface area contributed by atoms with Crippen molar-refractivity contribution in [2.24, 2.45) is 23.2 Å². The third-order valence-corrected chi connectivity index (χ3v) is 9.23. The minimum Gasteiger partial charge on any atom is -0.390 e. The van der Waals surface area contributed by atoms with Gasteiger partial charge in [-0.2, -0.15) is 0 Å². The van der Waals surface area contributed by atoms with Gasteiger partial charge in [0, 0.05) is 7.11 Å². The minimum atomic E-state index is -0.627. The molecule has 0 aliphatic heterocycles. The zero-order valence-electron chi connectivity index (χ0n) is 23.5. The molecule has 0 aromatic rings. The summed E-state index contributed by atoms with van der Waals surface area (Å²) in [5, 5.41) is 31.5. The number of ether oxygens (including phenoxy) is 2. The summed E-state index contributed by atoms with van der Waals surface area (Å²) in [6.07, 6.45) is 16.5. The van der Waals surface area contributed by atoms with Gasteiger partial charge >= 0.3 is 0 Å². The lowest BCUT2D eigenvalue weighted by atomic mass is 9.60. The van der Waals surface area contributed by atoms with E-state index in [1.807, 2.05) is 19.9 Å². The smallest absolute Gasteiger partial charge is 0.146 e. The first-order valence-corrected chi connectivity index (χ1v) is 14.3. The standard InChI is InChI=1S/C31H52O5/c1-22(9-6-16-30(2,3)34)26-14-15-27-24(10-7-17-31(26,27)4)13-12-23-19-28(32)25(29(33)20-23)11-8-18-36-21-35-5/h11-13,22,26-29,32-34H,6-10,14-21H2,1-5H3/t22-,26?,27?,28-,29-,31-/m1/s1. The lowest BCUT2D eigenvalue weighted by molar-refractivity contribution is -0.0287. The molecule has 0 spiro atoms. The Labute approximate surface area is 219 Å². The lowest BCUT2D eigenvalue weighted by Crippen LogP contribution is -2.36. The van der Waals surface area contributed by atoms with Crippen molar-refractivity contribution in [2.45, 2.75) is 116 Å². The summed E-state index contributed by atoms with van der Waals surface area (Å²) in [6.45, 7) is 9.57. The van der Waals surface area contributed by atoms with Gasteiger partial charge in [0.15, 0.2) is 0 Å².